The first-order valence-electron chi connectivity index (χ1n) is 8.42. The maximum Gasteiger partial charge on any atom is 0.261 e. The van der Waals surface area contributed by atoms with Crippen LogP contribution < -0.4 is 9.64 Å². The van der Waals surface area contributed by atoms with Gasteiger partial charge in [-0.25, -0.2) is 4.98 Å². The Kier molecular flexibility index (Phi) is 4.09. The van der Waals surface area contributed by atoms with Crippen LogP contribution in [-0.2, 0) is 0 Å². The summed E-state index contributed by atoms with van der Waals surface area (Å²) in [6.07, 6.45) is 4.02. The van der Waals surface area contributed by atoms with Gasteiger partial charge in [0.15, 0.2) is 5.82 Å². The quantitative estimate of drug-likeness (QED) is 0.722. The van der Waals surface area contributed by atoms with E-state index in [0.29, 0.717) is 11.7 Å². The van der Waals surface area contributed by atoms with Crippen molar-refractivity contribution in [2.24, 2.45) is 0 Å². The standard InChI is InChI=1S/C19H20N4O2/c1-13-21-19(25-22-13)16-5-3-11-20-18(16)23-12-4-6-17(23)14-7-9-15(24-2)10-8-14/h3,5,7-11,17H,4,6,12H2,1-2H3. The zero-order valence-electron chi connectivity index (χ0n) is 14.3. The van der Waals surface area contributed by atoms with E-state index in [4.69, 9.17) is 9.26 Å². The molecule has 0 N–H and O–H groups in total. The van der Waals surface area contributed by atoms with Crippen molar-refractivity contribution in [1.29, 1.82) is 0 Å². The first-order valence-corrected chi connectivity index (χ1v) is 8.42. The maximum absolute atomic E-state index is 5.38. The monoisotopic (exact) mass is 336 g/mol. The molecular weight excluding hydrogens is 316 g/mol. The van der Waals surface area contributed by atoms with Crippen LogP contribution in [0.1, 0.15) is 30.3 Å². The second-order valence-corrected chi connectivity index (χ2v) is 6.15. The molecule has 6 heteroatoms. The molecule has 4 rings (SSSR count). The van der Waals surface area contributed by atoms with Crippen LogP contribution in [0.5, 0.6) is 5.75 Å². The Hall–Kier alpha value is -2.89. The van der Waals surface area contributed by atoms with Crippen molar-refractivity contribution in [3.8, 4) is 17.2 Å². The molecule has 0 amide bonds. The van der Waals surface area contributed by atoms with Crippen LogP contribution in [0.25, 0.3) is 11.5 Å². The van der Waals surface area contributed by atoms with Gasteiger partial charge in [0.25, 0.3) is 5.89 Å². The highest BCUT2D eigenvalue weighted by Crippen LogP contribution is 2.39. The Morgan fingerprint density at radius 3 is 2.76 bits per heavy atom. The van der Waals surface area contributed by atoms with E-state index < -0.39 is 0 Å². The number of anilines is 1. The fourth-order valence-corrected chi connectivity index (χ4v) is 3.39. The SMILES string of the molecule is COc1ccc(C2CCCN2c2ncccc2-c2nc(C)no2)cc1. The molecule has 25 heavy (non-hydrogen) atoms. The smallest absolute Gasteiger partial charge is 0.261 e. The van der Waals surface area contributed by atoms with E-state index in [-0.39, 0.29) is 6.04 Å². The Bertz CT molecular complexity index is 860. The number of rotatable bonds is 4. The Balaban J connectivity index is 1.71. The highest BCUT2D eigenvalue weighted by atomic mass is 16.5. The lowest BCUT2D eigenvalue weighted by molar-refractivity contribution is 0.414. The summed E-state index contributed by atoms with van der Waals surface area (Å²) in [5.74, 6) is 2.90. The van der Waals surface area contributed by atoms with Gasteiger partial charge in [-0.05, 0) is 49.6 Å². The zero-order valence-corrected chi connectivity index (χ0v) is 14.3. The molecule has 0 spiro atoms. The summed E-state index contributed by atoms with van der Waals surface area (Å²) in [6.45, 7) is 2.77. The van der Waals surface area contributed by atoms with Gasteiger partial charge in [0.05, 0.1) is 18.7 Å². The lowest BCUT2D eigenvalue weighted by Gasteiger charge is -2.27. The van der Waals surface area contributed by atoms with Crippen LogP contribution in [0.4, 0.5) is 5.82 Å². The van der Waals surface area contributed by atoms with Crippen LogP contribution in [0, 0.1) is 6.92 Å². The Morgan fingerprint density at radius 1 is 1.20 bits per heavy atom. The number of ether oxygens (including phenoxy) is 1. The van der Waals surface area contributed by atoms with Crippen molar-refractivity contribution in [3.05, 3.63) is 54.0 Å². The summed E-state index contributed by atoms with van der Waals surface area (Å²) in [6, 6.07) is 12.4. The predicted octanol–water partition coefficient (Wildman–Crippen LogP) is 3.79. The fourth-order valence-electron chi connectivity index (χ4n) is 3.39. The van der Waals surface area contributed by atoms with Gasteiger partial charge in [0, 0.05) is 12.7 Å². The third-order valence-corrected chi connectivity index (χ3v) is 4.57. The molecule has 6 nitrogen and oxygen atoms in total. The van der Waals surface area contributed by atoms with Gasteiger partial charge >= 0.3 is 0 Å². The summed E-state index contributed by atoms with van der Waals surface area (Å²) >= 11 is 0. The van der Waals surface area contributed by atoms with Crippen LogP contribution in [0.2, 0.25) is 0 Å². The molecule has 128 valence electrons. The second kappa shape index (κ2) is 6.55. The second-order valence-electron chi connectivity index (χ2n) is 6.15. The van der Waals surface area contributed by atoms with E-state index in [2.05, 4.69) is 32.2 Å². The zero-order chi connectivity index (χ0) is 17.2. The lowest BCUT2D eigenvalue weighted by Crippen LogP contribution is -2.24. The Morgan fingerprint density at radius 2 is 2.04 bits per heavy atom. The molecule has 0 saturated carbocycles. The highest BCUT2D eigenvalue weighted by molar-refractivity contribution is 5.70. The molecule has 3 heterocycles. The number of benzene rings is 1. The van der Waals surface area contributed by atoms with Gasteiger partial charge in [-0.1, -0.05) is 17.3 Å². The average molecular weight is 336 g/mol. The van der Waals surface area contributed by atoms with Crippen molar-refractivity contribution in [1.82, 2.24) is 15.1 Å². The van der Waals surface area contributed by atoms with Gasteiger partial charge in [0.1, 0.15) is 11.6 Å². The first-order chi connectivity index (χ1) is 12.3. The van der Waals surface area contributed by atoms with Crippen LogP contribution in [-0.4, -0.2) is 28.8 Å². The van der Waals surface area contributed by atoms with Crippen molar-refractivity contribution >= 4 is 5.82 Å². The van der Waals surface area contributed by atoms with E-state index in [0.717, 1.165) is 36.5 Å². The van der Waals surface area contributed by atoms with Crippen LogP contribution in [0.15, 0.2) is 47.1 Å². The molecule has 0 bridgehead atoms. The number of nitrogens with zero attached hydrogens (tertiary/aromatic N) is 4. The van der Waals surface area contributed by atoms with E-state index >= 15 is 0 Å². The largest absolute Gasteiger partial charge is 0.497 e. The number of hydrogen-bond acceptors (Lipinski definition) is 6. The third-order valence-electron chi connectivity index (χ3n) is 4.57. The molecule has 0 aliphatic carbocycles. The van der Waals surface area contributed by atoms with Crippen LogP contribution >= 0.6 is 0 Å². The summed E-state index contributed by atoms with van der Waals surface area (Å²) in [5.41, 5.74) is 2.14. The van der Waals surface area contributed by atoms with Crippen molar-refractivity contribution in [2.75, 3.05) is 18.6 Å². The van der Waals surface area contributed by atoms with Crippen molar-refractivity contribution in [3.63, 3.8) is 0 Å². The highest BCUT2D eigenvalue weighted by Gasteiger charge is 2.30. The third kappa shape index (κ3) is 2.95. The molecule has 0 radical (unpaired) electrons. The molecule has 1 saturated heterocycles. The Labute approximate surface area is 146 Å². The molecule has 1 aliphatic heterocycles. The van der Waals surface area contributed by atoms with Crippen LogP contribution in [0.3, 0.4) is 0 Å². The molecular formula is C19H20N4O2. The predicted molar refractivity (Wildman–Crippen MR) is 94.6 cm³/mol. The molecule has 1 aliphatic rings. The summed E-state index contributed by atoms with van der Waals surface area (Å²) < 4.78 is 10.6. The molecule has 1 aromatic carbocycles. The van der Waals surface area contributed by atoms with E-state index in [1.54, 1.807) is 7.11 Å². The minimum absolute atomic E-state index is 0.281. The normalized spacial score (nSPS) is 17.0. The first kappa shape index (κ1) is 15.6. The lowest BCUT2D eigenvalue weighted by atomic mass is 10.0. The number of hydrogen-bond donors (Lipinski definition) is 0. The van der Waals surface area contributed by atoms with E-state index in [1.807, 2.05) is 37.4 Å². The molecule has 1 atom stereocenters. The number of aryl methyl sites for hydroxylation is 1. The summed E-state index contributed by atoms with van der Waals surface area (Å²) in [4.78, 5) is 11.3. The number of methoxy groups -OCH3 is 1. The minimum atomic E-state index is 0.281. The molecule has 2 aromatic heterocycles. The summed E-state index contributed by atoms with van der Waals surface area (Å²) in [7, 11) is 1.68. The van der Waals surface area contributed by atoms with Gasteiger partial charge in [-0.15, -0.1) is 0 Å². The van der Waals surface area contributed by atoms with Crippen molar-refractivity contribution < 1.29 is 9.26 Å². The number of aromatic nitrogens is 3. The van der Waals surface area contributed by atoms with Gasteiger partial charge in [-0.2, -0.15) is 4.98 Å². The fraction of sp³-hybridized carbons (Fsp3) is 0.316. The maximum atomic E-state index is 5.38. The molecule has 1 fully saturated rings. The van der Waals surface area contributed by atoms with Crippen molar-refractivity contribution in [2.45, 2.75) is 25.8 Å². The minimum Gasteiger partial charge on any atom is -0.497 e. The molecule has 3 aromatic rings. The van der Waals surface area contributed by atoms with Gasteiger partial charge in [-0.3, -0.25) is 0 Å². The van der Waals surface area contributed by atoms with Gasteiger partial charge < -0.3 is 14.2 Å². The summed E-state index contributed by atoms with van der Waals surface area (Å²) in [5, 5.41) is 3.91. The van der Waals surface area contributed by atoms with E-state index in [1.165, 1.54) is 5.56 Å². The van der Waals surface area contributed by atoms with E-state index in [9.17, 15) is 0 Å². The average Bonchev–Trinajstić information content (AvgIpc) is 3.31. The number of pyridine rings is 1. The van der Waals surface area contributed by atoms with Gasteiger partial charge in [0.2, 0.25) is 0 Å². The molecule has 1 unspecified atom stereocenters. The topological polar surface area (TPSA) is 64.3 Å².